The molecule has 3 heteroatoms. The van der Waals surface area contributed by atoms with Crippen molar-refractivity contribution in [3.05, 3.63) is 23.9 Å². The second-order valence-corrected chi connectivity index (χ2v) is 4.82. The molecule has 0 radical (unpaired) electrons. The number of nitrogens with zero attached hydrogens (tertiary/aromatic N) is 1. The molecule has 1 aromatic heterocycles. The van der Waals surface area contributed by atoms with E-state index < -0.39 is 0 Å². The first-order valence-corrected chi connectivity index (χ1v) is 6.12. The van der Waals surface area contributed by atoms with Crippen molar-refractivity contribution in [1.82, 2.24) is 10.3 Å². The van der Waals surface area contributed by atoms with Crippen LogP contribution in [-0.4, -0.2) is 23.3 Å². The van der Waals surface area contributed by atoms with Gasteiger partial charge in [-0.1, -0.05) is 0 Å². The van der Waals surface area contributed by atoms with Gasteiger partial charge in [0.2, 0.25) is 0 Å². The SMILES string of the molecule is Cc1ccnc(SCC2CCCN2)c1. The maximum Gasteiger partial charge on any atom is 0.0962 e. The van der Waals surface area contributed by atoms with Crippen LogP contribution >= 0.6 is 11.8 Å². The summed E-state index contributed by atoms with van der Waals surface area (Å²) in [4.78, 5) is 4.34. The third kappa shape index (κ3) is 2.72. The molecule has 2 heterocycles. The van der Waals surface area contributed by atoms with E-state index in [9.17, 15) is 0 Å². The van der Waals surface area contributed by atoms with Crippen LogP contribution in [0.2, 0.25) is 0 Å². The normalized spacial score (nSPS) is 21.4. The highest BCUT2D eigenvalue weighted by atomic mass is 32.2. The quantitative estimate of drug-likeness (QED) is 0.771. The van der Waals surface area contributed by atoms with Crippen molar-refractivity contribution < 1.29 is 0 Å². The molecule has 0 amide bonds. The van der Waals surface area contributed by atoms with Gasteiger partial charge >= 0.3 is 0 Å². The number of aromatic nitrogens is 1. The van der Waals surface area contributed by atoms with Gasteiger partial charge in [0.05, 0.1) is 5.03 Å². The zero-order chi connectivity index (χ0) is 9.80. The molecule has 1 unspecified atom stereocenters. The van der Waals surface area contributed by atoms with Crippen molar-refractivity contribution in [3.8, 4) is 0 Å². The number of thioether (sulfide) groups is 1. The van der Waals surface area contributed by atoms with E-state index in [1.165, 1.54) is 24.9 Å². The molecule has 1 aromatic rings. The topological polar surface area (TPSA) is 24.9 Å². The maximum atomic E-state index is 4.34. The van der Waals surface area contributed by atoms with Crippen LogP contribution in [0, 0.1) is 6.92 Å². The minimum atomic E-state index is 0.697. The lowest BCUT2D eigenvalue weighted by Crippen LogP contribution is -2.23. The summed E-state index contributed by atoms with van der Waals surface area (Å²) >= 11 is 1.86. The average molecular weight is 208 g/mol. The van der Waals surface area contributed by atoms with Gasteiger partial charge < -0.3 is 5.32 Å². The Morgan fingerprint density at radius 3 is 3.29 bits per heavy atom. The molecule has 0 saturated carbocycles. The van der Waals surface area contributed by atoms with E-state index in [0.29, 0.717) is 6.04 Å². The summed E-state index contributed by atoms with van der Waals surface area (Å²) in [5.74, 6) is 1.15. The van der Waals surface area contributed by atoms with Gasteiger partial charge in [0.1, 0.15) is 0 Å². The molecular weight excluding hydrogens is 192 g/mol. The summed E-state index contributed by atoms with van der Waals surface area (Å²) in [7, 11) is 0. The molecule has 0 bridgehead atoms. The Balaban J connectivity index is 1.85. The highest BCUT2D eigenvalue weighted by Crippen LogP contribution is 2.19. The van der Waals surface area contributed by atoms with Crippen LogP contribution in [0.15, 0.2) is 23.4 Å². The molecule has 2 nitrogen and oxygen atoms in total. The number of hydrogen-bond acceptors (Lipinski definition) is 3. The van der Waals surface area contributed by atoms with Gasteiger partial charge in [-0.2, -0.15) is 0 Å². The van der Waals surface area contributed by atoms with Gasteiger partial charge in [0.25, 0.3) is 0 Å². The summed E-state index contributed by atoms with van der Waals surface area (Å²) in [6.45, 7) is 3.30. The molecule has 76 valence electrons. The Bertz CT molecular complexity index is 295. The maximum absolute atomic E-state index is 4.34. The van der Waals surface area contributed by atoms with E-state index in [-0.39, 0.29) is 0 Å². The van der Waals surface area contributed by atoms with Crippen molar-refractivity contribution in [2.24, 2.45) is 0 Å². The number of rotatable bonds is 3. The summed E-state index contributed by atoms with van der Waals surface area (Å²) in [5, 5.41) is 4.64. The predicted molar refractivity (Wildman–Crippen MR) is 60.7 cm³/mol. The lowest BCUT2D eigenvalue weighted by Gasteiger charge is -2.08. The second kappa shape index (κ2) is 4.80. The highest BCUT2D eigenvalue weighted by molar-refractivity contribution is 7.99. The molecule has 0 aliphatic carbocycles. The largest absolute Gasteiger partial charge is 0.313 e. The van der Waals surface area contributed by atoms with Crippen LogP contribution in [0.3, 0.4) is 0 Å². The molecule has 1 fully saturated rings. The third-order valence-corrected chi connectivity index (χ3v) is 3.57. The van der Waals surface area contributed by atoms with E-state index in [1.807, 2.05) is 24.0 Å². The standard InChI is InChI=1S/C11H16N2S/c1-9-4-6-13-11(7-9)14-8-10-3-2-5-12-10/h4,6-7,10,12H,2-3,5,8H2,1H3. The predicted octanol–water partition coefficient (Wildman–Crippen LogP) is 2.23. The summed E-state index contributed by atoms with van der Waals surface area (Å²) in [5.41, 5.74) is 1.29. The number of pyridine rings is 1. The van der Waals surface area contributed by atoms with Gasteiger partial charge in [0.15, 0.2) is 0 Å². The fraction of sp³-hybridized carbons (Fsp3) is 0.545. The number of aryl methyl sites for hydroxylation is 1. The first kappa shape index (κ1) is 9.99. The van der Waals surface area contributed by atoms with Crippen LogP contribution in [0.4, 0.5) is 0 Å². The lowest BCUT2D eigenvalue weighted by molar-refractivity contribution is 0.673. The molecule has 1 aliphatic rings. The average Bonchev–Trinajstić information content (AvgIpc) is 2.67. The van der Waals surface area contributed by atoms with Crippen LogP contribution in [0.25, 0.3) is 0 Å². The third-order valence-electron chi connectivity index (χ3n) is 2.49. The summed E-state index contributed by atoms with van der Waals surface area (Å²) in [6, 6.07) is 4.89. The van der Waals surface area contributed by atoms with E-state index in [4.69, 9.17) is 0 Å². The lowest BCUT2D eigenvalue weighted by atomic mass is 10.3. The van der Waals surface area contributed by atoms with E-state index in [1.54, 1.807) is 0 Å². The van der Waals surface area contributed by atoms with Crippen LogP contribution < -0.4 is 5.32 Å². The molecule has 1 saturated heterocycles. The van der Waals surface area contributed by atoms with E-state index >= 15 is 0 Å². The van der Waals surface area contributed by atoms with Crippen molar-refractivity contribution >= 4 is 11.8 Å². The molecule has 1 atom stereocenters. The minimum Gasteiger partial charge on any atom is -0.313 e. The molecule has 0 aromatic carbocycles. The van der Waals surface area contributed by atoms with Crippen molar-refractivity contribution in [2.75, 3.05) is 12.3 Å². The molecule has 0 spiro atoms. The monoisotopic (exact) mass is 208 g/mol. The fourth-order valence-corrected chi connectivity index (χ4v) is 2.73. The van der Waals surface area contributed by atoms with Crippen molar-refractivity contribution in [2.45, 2.75) is 30.8 Å². The number of hydrogen-bond donors (Lipinski definition) is 1. The highest BCUT2D eigenvalue weighted by Gasteiger charge is 2.13. The van der Waals surface area contributed by atoms with Gasteiger partial charge in [0, 0.05) is 18.0 Å². The molecule has 1 aliphatic heterocycles. The Morgan fingerprint density at radius 2 is 2.57 bits per heavy atom. The smallest absolute Gasteiger partial charge is 0.0962 e. The summed E-state index contributed by atoms with van der Waals surface area (Å²) < 4.78 is 0. The number of nitrogens with one attached hydrogen (secondary N) is 1. The van der Waals surface area contributed by atoms with Gasteiger partial charge in [-0.25, -0.2) is 4.98 Å². The second-order valence-electron chi connectivity index (χ2n) is 3.78. The van der Waals surface area contributed by atoms with Crippen LogP contribution in [0.5, 0.6) is 0 Å². The molecule has 1 N–H and O–H groups in total. The zero-order valence-electron chi connectivity index (χ0n) is 8.49. The van der Waals surface area contributed by atoms with Gasteiger partial charge in [-0.15, -0.1) is 11.8 Å². The Kier molecular flexibility index (Phi) is 3.43. The van der Waals surface area contributed by atoms with E-state index in [0.717, 1.165) is 10.8 Å². The van der Waals surface area contributed by atoms with Crippen LogP contribution in [0.1, 0.15) is 18.4 Å². The van der Waals surface area contributed by atoms with Crippen molar-refractivity contribution in [1.29, 1.82) is 0 Å². The first-order valence-electron chi connectivity index (χ1n) is 5.13. The first-order chi connectivity index (χ1) is 6.84. The van der Waals surface area contributed by atoms with Crippen molar-refractivity contribution in [3.63, 3.8) is 0 Å². The summed E-state index contributed by atoms with van der Waals surface area (Å²) in [6.07, 6.45) is 4.53. The fourth-order valence-electron chi connectivity index (χ4n) is 1.67. The molecular formula is C11H16N2S. The molecule has 2 rings (SSSR count). The Labute approximate surface area is 89.5 Å². The zero-order valence-corrected chi connectivity index (χ0v) is 9.31. The Morgan fingerprint density at radius 1 is 1.64 bits per heavy atom. The Hall–Kier alpha value is -0.540. The minimum absolute atomic E-state index is 0.697. The van der Waals surface area contributed by atoms with Gasteiger partial charge in [-0.3, -0.25) is 0 Å². The molecule has 14 heavy (non-hydrogen) atoms. The van der Waals surface area contributed by atoms with E-state index in [2.05, 4.69) is 23.3 Å². The van der Waals surface area contributed by atoms with Crippen LogP contribution in [-0.2, 0) is 0 Å². The van der Waals surface area contributed by atoms with Gasteiger partial charge in [-0.05, 0) is 44.0 Å².